The molecule has 5 heteroatoms. The van der Waals surface area contributed by atoms with Crippen LogP contribution < -0.4 is 0 Å². The van der Waals surface area contributed by atoms with E-state index in [-0.39, 0.29) is 28.6 Å². The van der Waals surface area contributed by atoms with Gasteiger partial charge >= 0.3 is 0 Å². The van der Waals surface area contributed by atoms with Crippen molar-refractivity contribution < 1.29 is 24.9 Å². The summed E-state index contributed by atoms with van der Waals surface area (Å²) in [5, 5.41) is 33.4. The van der Waals surface area contributed by atoms with Crippen molar-refractivity contribution in [2.75, 3.05) is 0 Å². The average Bonchev–Trinajstić information content (AvgIpc) is 3.17. The summed E-state index contributed by atoms with van der Waals surface area (Å²) in [6.07, 6.45) is 8.65. The van der Waals surface area contributed by atoms with Crippen molar-refractivity contribution in [1.29, 1.82) is 0 Å². The molecular formula is C28H40O5. The van der Waals surface area contributed by atoms with Crippen LogP contribution in [0, 0.1) is 28.6 Å². The summed E-state index contributed by atoms with van der Waals surface area (Å²) >= 11 is 0. The molecule has 1 aliphatic heterocycles. The van der Waals surface area contributed by atoms with Crippen LogP contribution in [-0.4, -0.2) is 50.6 Å². The van der Waals surface area contributed by atoms with Gasteiger partial charge in [-0.25, -0.2) is 0 Å². The highest BCUT2D eigenvalue weighted by Crippen LogP contribution is 2.66. The molecule has 1 heterocycles. The summed E-state index contributed by atoms with van der Waals surface area (Å²) in [6.45, 7) is 11.6. The minimum atomic E-state index is -1.20. The summed E-state index contributed by atoms with van der Waals surface area (Å²) in [4.78, 5) is 12.1. The molecule has 3 N–H and O–H groups in total. The second-order valence-corrected chi connectivity index (χ2v) is 12.7. The first kappa shape index (κ1) is 23.5. The zero-order valence-electron chi connectivity index (χ0n) is 20.9. The van der Waals surface area contributed by atoms with Crippen LogP contribution in [-0.2, 0) is 9.53 Å². The van der Waals surface area contributed by atoms with E-state index in [1.165, 1.54) is 16.7 Å². The number of rotatable bonds is 3. The van der Waals surface area contributed by atoms with Crippen LogP contribution in [0.3, 0.4) is 0 Å². The Kier molecular flexibility index (Phi) is 5.07. The van der Waals surface area contributed by atoms with Gasteiger partial charge < -0.3 is 20.1 Å². The quantitative estimate of drug-likeness (QED) is 0.600. The third kappa shape index (κ3) is 3.15. The SMILES string of the molecule is C[C@@H]([C@@H](O)[C@@H]1O[C@H]2CC3=C4C=CC5=CC(=O)CC[C@]5(C)[C@H]4CC[C@]3(C)[C@H]2[C@@]1(C)O)C(C)(C)O. The molecule has 0 aromatic carbocycles. The van der Waals surface area contributed by atoms with E-state index in [1.54, 1.807) is 13.8 Å². The van der Waals surface area contributed by atoms with Gasteiger partial charge in [-0.05, 0) is 80.4 Å². The molecule has 5 nitrogen and oxygen atoms in total. The topological polar surface area (TPSA) is 87.0 Å². The van der Waals surface area contributed by atoms with Gasteiger partial charge in [-0.1, -0.05) is 38.5 Å². The molecule has 0 aromatic heterocycles. The van der Waals surface area contributed by atoms with Crippen molar-refractivity contribution in [3.63, 3.8) is 0 Å². The minimum absolute atomic E-state index is 0.00569. The largest absolute Gasteiger partial charge is 0.390 e. The number of aliphatic hydroxyl groups is 3. The van der Waals surface area contributed by atoms with E-state index in [4.69, 9.17) is 4.74 Å². The summed E-state index contributed by atoms with van der Waals surface area (Å²) in [5.41, 5.74) is 1.48. The van der Waals surface area contributed by atoms with Crippen molar-refractivity contribution in [3.8, 4) is 0 Å². The van der Waals surface area contributed by atoms with E-state index in [9.17, 15) is 20.1 Å². The average molecular weight is 457 g/mol. The molecule has 0 unspecified atom stereocenters. The van der Waals surface area contributed by atoms with Crippen LogP contribution in [0.15, 0.2) is 34.9 Å². The van der Waals surface area contributed by atoms with Crippen molar-refractivity contribution in [2.45, 2.75) is 103 Å². The maximum Gasteiger partial charge on any atom is 0.156 e. The highest BCUT2D eigenvalue weighted by molar-refractivity contribution is 5.92. The number of carbonyl (C=O) groups excluding carboxylic acids is 1. The number of ketones is 1. The number of allylic oxidation sites excluding steroid dienone is 5. The van der Waals surface area contributed by atoms with Crippen LogP contribution in [0.4, 0.5) is 0 Å². The van der Waals surface area contributed by atoms with Crippen LogP contribution in [0.2, 0.25) is 0 Å². The number of carbonyl (C=O) groups is 1. The monoisotopic (exact) mass is 456 g/mol. The molecule has 1 saturated carbocycles. The lowest BCUT2D eigenvalue weighted by Crippen LogP contribution is -2.55. The third-order valence-corrected chi connectivity index (χ3v) is 10.4. The van der Waals surface area contributed by atoms with Gasteiger partial charge in [0.25, 0.3) is 0 Å². The maximum atomic E-state index is 12.1. The molecule has 0 bridgehead atoms. The highest BCUT2D eigenvalue weighted by atomic mass is 16.5. The van der Waals surface area contributed by atoms with E-state index in [0.29, 0.717) is 12.3 Å². The molecule has 5 rings (SSSR count). The summed E-state index contributed by atoms with van der Waals surface area (Å²) in [6, 6.07) is 0. The molecule has 0 amide bonds. The number of hydrogen-bond donors (Lipinski definition) is 3. The smallest absolute Gasteiger partial charge is 0.156 e. The summed E-state index contributed by atoms with van der Waals surface area (Å²) in [5.74, 6) is 0.0849. The normalized spacial score (nSPS) is 46.3. The standard InChI is InChI=1S/C28H40O5/c1-15(25(2,3)31)22(30)24-28(6,32)23-21(33-24)14-20-18-8-7-16-13-17(29)9-11-26(16,4)19(18)10-12-27(20,23)5/h7-8,13,15,19,21-24,30-32H,9-12,14H2,1-6H3/t15-,19-,21-,22+,23-,24-,26-,27-,28+/m0/s1. The summed E-state index contributed by atoms with van der Waals surface area (Å²) < 4.78 is 6.44. The van der Waals surface area contributed by atoms with Gasteiger partial charge in [-0.15, -0.1) is 0 Å². The lowest BCUT2D eigenvalue weighted by Gasteiger charge is -2.51. The van der Waals surface area contributed by atoms with Gasteiger partial charge in [-0.2, -0.15) is 0 Å². The summed E-state index contributed by atoms with van der Waals surface area (Å²) in [7, 11) is 0. The van der Waals surface area contributed by atoms with Gasteiger partial charge in [0.05, 0.1) is 23.4 Å². The lowest BCUT2D eigenvalue weighted by atomic mass is 9.53. The molecule has 2 fully saturated rings. The molecular weight excluding hydrogens is 416 g/mol. The Balaban J connectivity index is 1.52. The highest BCUT2D eigenvalue weighted by Gasteiger charge is 2.67. The van der Waals surface area contributed by atoms with Crippen LogP contribution in [0.1, 0.15) is 73.6 Å². The Morgan fingerprint density at radius 3 is 2.52 bits per heavy atom. The maximum absolute atomic E-state index is 12.1. The van der Waals surface area contributed by atoms with Crippen LogP contribution in [0.25, 0.3) is 0 Å². The molecule has 5 aliphatic rings. The van der Waals surface area contributed by atoms with Gasteiger partial charge in [-0.3, -0.25) is 4.79 Å². The fraction of sp³-hybridized carbons (Fsp3) is 0.750. The molecule has 1 saturated heterocycles. The first-order valence-electron chi connectivity index (χ1n) is 12.7. The molecule has 0 spiro atoms. The Morgan fingerprint density at radius 2 is 1.85 bits per heavy atom. The molecule has 182 valence electrons. The Morgan fingerprint density at radius 1 is 1.15 bits per heavy atom. The number of hydrogen-bond acceptors (Lipinski definition) is 5. The molecule has 0 radical (unpaired) electrons. The van der Waals surface area contributed by atoms with Crippen molar-refractivity contribution in [1.82, 2.24) is 0 Å². The van der Waals surface area contributed by atoms with Crippen LogP contribution >= 0.6 is 0 Å². The Hall–Kier alpha value is -1.27. The molecule has 33 heavy (non-hydrogen) atoms. The van der Waals surface area contributed by atoms with E-state index >= 15 is 0 Å². The van der Waals surface area contributed by atoms with E-state index < -0.39 is 29.3 Å². The van der Waals surface area contributed by atoms with E-state index in [0.717, 1.165) is 25.7 Å². The predicted octanol–water partition coefficient (Wildman–Crippen LogP) is 3.87. The number of ether oxygens (including phenoxy) is 1. The molecule has 9 atom stereocenters. The Bertz CT molecular complexity index is 965. The first-order chi connectivity index (χ1) is 15.2. The van der Waals surface area contributed by atoms with Gasteiger partial charge in [0.1, 0.15) is 6.10 Å². The van der Waals surface area contributed by atoms with Gasteiger partial charge in [0.15, 0.2) is 5.78 Å². The molecule has 4 aliphatic carbocycles. The fourth-order valence-corrected chi connectivity index (χ4v) is 8.08. The second-order valence-electron chi connectivity index (χ2n) is 12.7. The fourth-order valence-electron chi connectivity index (χ4n) is 8.08. The zero-order chi connectivity index (χ0) is 24.1. The molecule has 0 aromatic rings. The van der Waals surface area contributed by atoms with Crippen molar-refractivity contribution in [2.24, 2.45) is 28.6 Å². The van der Waals surface area contributed by atoms with E-state index in [2.05, 4.69) is 26.0 Å². The first-order valence-corrected chi connectivity index (χ1v) is 12.7. The van der Waals surface area contributed by atoms with Crippen LogP contribution in [0.5, 0.6) is 0 Å². The predicted molar refractivity (Wildman–Crippen MR) is 126 cm³/mol. The number of fused-ring (bicyclic) bond motifs is 6. The number of aliphatic hydroxyl groups excluding tert-OH is 1. The van der Waals surface area contributed by atoms with Gasteiger partial charge in [0.2, 0.25) is 0 Å². The third-order valence-electron chi connectivity index (χ3n) is 10.4. The second kappa shape index (κ2) is 7.13. The zero-order valence-corrected chi connectivity index (χ0v) is 20.9. The van der Waals surface area contributed by atoms with Crippen molar-refractivity contribution >= 4 is 5.78 Å². The van der Waals surface area contributed by atoms with Gasteiger partial charge in [0, 0.05) is 18.3 Å². The van der Waals surface area contributed by atoms with E-state index in [1.807, 2.05) is 19.9 Å². The lowest BCUT2D eigenvalue weighted by molar-refractivity contribution is -0.149. The minimum Gasteiger partial charge on any atom is -0.390 e. The van der Waals surface area contributed by atoms with Crippen molar-refractivity contribution in [3.05, 3.63) is 34.9 Å². The Labute approximate surface area is 197 Å².